The number of rotatable bonds is 6. The number of amides is 1. The molecule has 122 valence electrons. The zero-order valence-corrected chi connectivity index (χ0v) is 13.9. The van der Waals surface area contributed by atoms with Crippen LogP contribution in [-0.4, -0.2) is 54.5 Å². The van der Waals surface area contributed by atoms with Crippen molar-refractivity contribution in [3.63, 3.8) is 0 Å². The summed E-state index contributed by atoms with van der Waals surface area (Å²) in [6.45, 7) is 8.90. The molecule has 1 atom stereocenters. The van der Waals surface area contributed by atoms with Crippen molar-refractivity contribution in [1.29, 1.82) is 0 Å². The van der Waals surface area contributed by atoms with Crippen molar-refractivity contribution in [2.24, 2.45) is 11.1 Å². The maximum Gasteiger partial charge on any atom is 0.228 e. The molecule has 4 heteroatoms. The summed E-state index contributed by atoms with van der Waals surface area (Å²) < 4.78 is 0. The third-order valence-electron chi connectivity index (χ3n) is 5.70. The third kappa shape index (κ3) is 3.59. The molecule has 0 aromatic carbocycles. The van der Waals surface area contributed by atoms with E-state index in [1.54, 1.807) is 0 Å². The van der Waals surface area contributed by atoms with E-state index >= 15 is 0 Å². The molecule has 2 rings (SSSR count). The molecule has 4 nitrogen and oxygen atoms in total. The molecule has 1 saturated heterocycles. The summed E-state index contributed by atoms with van der Waals surface area (Å²) in [5.41, 5.74) is 5.88. The molecule has 1 saturated carbocycles. The van der Waals surface area contributed by atoms with Gasteiger partial charge in [-0.15, -0.1) is 0 Å². The van der Waals surface area contributed by atoms with Gasteiger partial charge in [-0.2, -0.15) is 0 Å². The minimum absolute atomic E-state index is 0.0289. The number of piperazine rings is 1. The van der Waals surface area contributed by atoms with E-state index in [0.717, 1.165) is 52.0 Å². The molecule has 0 aromatic rings. The van der Waals surface area contributed by atoms with Gasteiger partial charge in [-0.3, -0.25) is 9.69 Å². The molecule has 2 N–H and O–H groups in total. The van der Waals surface area contributed by atoms with E-state index in [0.29, 0.717) is 11.9 Å². The smallest absolute Gasteiger partial charge is 0.228 e. The average Bonchev–Trinajstić information content (AvgIpc) is 3.02. The summed E-state index contributed by atoms with van der Waals surface area (Å²) in [4.78, 5) is 17.5. The lowest BCUT2D eigenvalue weighted by atomic mass is 9.81. The zero-order chi connectivity index (χ0) is 15.3. The second kappa shape index (κ2) is 7.59. The van der Waals surface area contributed by atoms with Crippen LogP contribution in [0.4, 0.5) is 0 Å². The van der Waals surface area contributed by atoms with Crippen LogP contribution in [0.15, 0.2) is 0 Å². The number of nitrogens with zero attached hydrogens (tertiary/aromatic N) is 2. The van der Waals surface area contributed by atoms with Crippen molar-refractivity contribution in [3.8, 4) is 0 Å². The Morgan fingerprint density at radius 1 is 1.14 bits per heavy atom. The van der Waals surface area contributed by atoms with Gasteiger partial charge in [0, 0.05) is 44.2 Å². The Morgan fingerprint density at radius 2 is 1.76 bits per heavy atom. The molecule has 0 aromatic heterocycles. The van der Waals surface area contributed by atoms with E-state index in [2.05, 4.69) is 23.6 Å². The van der Waals surface area contributed by atoms with Gasteiger partial charge in [-0.1, -0.05) is 33.1 Å². The molecule has 1 aliphatic heterocycles. The van der Waals surface area contributed by atoms with E-state index in [9.17, 15) is 4.79 Å². The van der Waals surface area contributed by atoms with Gasteiger partial charge < -0.3 is 10.6 Å². The lowest BCUT2D eigenvalue weighted by Gasteiger charge is -2.42. The SMILES string of the molecule is CCCC(CN)N1CCN(C(=O)C2(CC)CCCC2)CC1. The predicted octanol–water partition coefficient (Wildman–Crippen LogP) is 2.23. The van der Waals surface area contributed by atoms with Crippen LogP contribution in [0.1, 0.15) is 58.8 Å². The van der Waals surface area contributed by atoms with Crippen LogP contribution in [0.25, 0.3) is 0 Å². The first-order valence-electron chi connectivity index (χ1n) is 8.90. The van der Waals surface area contributed by atoms with Crippen molar-refractivity contribution in [3.05, 3.63) is 0 Å². The third-order valence-corrected chi connectivity index (χ3v) is 5.70. The summed E-state index contributed by atoms with van der Waals surface area (Å²) in [5, 5.41) is 0. The Morgan fingerprint density at radius 3 is 2.24 bits per heavy atom. The normalized spacial score (nSPS) is 24.2. The highest BCUT2D eigenvalue weighted by Gasteiger charge is 2.42. The van der Waals surface area contributed by atoms with Crippen LogP contribution in [0.5, 0.6) is 0 Å². The highest BCUT2D eigenvalue weighted by Crippen LogP contribution is 2.42. The maximum absolute atomic E-state index is 12.9. The van der Waals surface area contributed by atoms with Gasteiger partial charge in [0.2, 0.25) is 5.91 Å². The Bertz CT molecular complexity index is 331. The Balaban J connectivity index is 1.90. The van der Waals surface area contributed by atoms with Crippen molar-refractivity contribution >= 4 is 5.91 Å². The number of hydrogen-bond acceptors (Lipinski definition) is 3. The topological polar surface area (TPSA) is 49.6 Å². The van der Waals surface area contributed by atoms with Gasteiger partial charge >= 0.3 is 0 Å². The van der Waals surface area contributed by atoms with E-state index in [1.807, 2.05) is 0 Å². The van der Waals surface area contributed by atoms with Gasteiger partial charge in [0.15, 0.2) is 0 Å². The summed E-state index contributed by atoms with van der Waals surface area (Å²) in [5.74, 6) is 0.432. The van der Waals surface area contributed by atoms with E-state index in [4.69, 9.17) is 5.73 Å². The minimum Gasteiger partial charge on any atom is -0.340 e. The molecule has 1 heterocycles. The van der Waals surface area contributed by atoms with Crippen LogP contribution in [0.3, 0.4) is 0 Å². The Kier molecular flexibility index (Phi) is 6.06. The van der Waals surface area contributed by atoms with E-state index < -0.39 is 0 Å². The van der Waals surface area contributed by atoms with Crippen LogP contribution in [-0.2, 0) is 4.79 Å². The van der Waals surface area contributed by atoms with Gasteiger partial charge in [0.25, 0.3) is 0 Å². The van der Waals surface area contributed by atoms with Gasteiger partial charge in [0.1, 0.15) is 0 Å². The first kappa shape index (κ1) is 16.8. The predicted molar refractivity (Wildman–Crippen MR) is 87.1 cm³/mol. The van der Waals surface area contributed by atoms with Crippen molar-refractivity contribution < 1.29 is 4.79 Å². The Labute approximate surface area is 130 Å². The molecule has 21 heavy (non-hydrogen) atoms. The summed E-state index contributed by atoms with van der Waals surface area (Å²) in [7, 11) is 0. The summed E-state index contributed by atoms with van der Waals surface area (Å²) in [6, 6.07) is 0.499. The second-order valence-corrected chi connectivity index (χ2v) is 6.85. The first-order valence-corrected chi connectivity index (χ1v) is 8.90. The highest BCUT2D eigenvalue weighted by molar-refractivity contribution is 5.83. The molecule has 0 radical (unpaired) electrons. The standard InChI is InChI=1S/C17H33N3O/c1-3-7-15(14-18)19-10-12-20(13-11-19)16(21)17(4-2)8-5-6-9-17/h15H,3-14,18H2,1-2H3. The fourth-order valence-corrected chi connectivity index (χ4v) is 4.18. The van der Waals surface area contributed by atoms with Crippen molar-refractivity contribution in [2.75, 3.05) is 32.7 Å². The maximum atomic E-state index is 12.9. The van der Waals surface area contributed by atoms with Crippen molar-refractivity contribution in [2.45, 2.75) is 64.8 Å². The monoisotopic (exact) mass is 295 g/mol. The summed E-state index contributed by atoms with van der Waals surface area (Å²) in [6.07, 6.45) is 8.01. The van der Waals surface area contributed by atoms with Crippen LogP contribution in [0, 0.1) is 5.41 Å². The molecular formula is C17H33N3O. The fraction of sp³-hybridized carbons (Fsp3) is 0.941. The van der Waals surface area contributed by atoms with Crippen LogP contribution in [0.2, 0.25) is 0 Å². The van der Waals surface area contributed by atoms with Gasteiger partial charge in [0.05, 0.1) is 0 Å². The lowest BCUT2D eigenvalue weighted by molar-refractivity contribution is -0.144. The molecule has 1 aliphatic carbocycles. The molecule has 1 amide bonds. The molecule has 2 aliphatic rings. The lowest BCUT2D eigenvalue weighted by Crippen LogP contribution is -2.56. The molecular weight excluding hydrogens is 262 g/mol. The number of carbonyl (C=O) groups excluding carboxylic acids is 1. The Hall–Kier alpha value is -0.610. The van der Waals surface area contributed by atoms with E-state index in [1.165, 1.54) is 25.7 Å². The molecule has 1 unspecified atom stereocenters. The number of carbonyl (C=O) groups is 1. The second-order valence-electron chi connectivity index (χ2n) is 6.85. The number of nitrogens with two attached hydrogens (primary N) is 1. The number of hydrogen-bond donors (Lipinski definition) is 1. The van der Waals surface area contributed by atoms with E-state index in [-0.39, 0.29) is 5.41 Å². The van der Waals surface area contributed by atoms with Gasteiger partial charge in [-0.25, -0.2) is 0 Å². The minimum atomic E-state index is -0.0289. The molecule has 0 spiro atoms. The highest BCUT2D eigenvalue weighted by atomic mass is 16.2. The first-order chi connectivity index (χ1) is 10.2. The van der Waals surface area contributed by atoms with Crippen LogP contribution >= 0.6 is 0 Å². The largest absolute Gasteiger partial charge is 0.340 e. The quantitative estimate of drug-likeness (QED) is 0.817. The molecule has 2 fully saturated rings. The van der Waals surface area contributed by atoms with Crippen LogP contribution < -0.4 is 5.73 Å². The average molecular weight is 295 g/mol. The van der Waals surface area contributed by atoms with Crippen molar-refractivity contribution in [1.82, 2.24) is 9.80 Å². The fourth-order valence-electron chi connectivity index (χ4n) is 4.18. The molecule has 0 bridgehead atoms. The summed E-state index contributed by atoms with van der Waals surface area (Å²) >= 11 is 0. The zero-order valence-electron chi connectivity index (χ0n) is 13.9. The van der Waals surface area contributed by atoms with Gasteiger partial charge in [-0.05, 0) is 25.7 Å².